The summed E-state index contributed by atoms with van der Waals surface area (Å²) in [6.07, 6.45) is 0. The number of furan rings is 1. The molecule has 0 amide bonds. The largest absolute Gasteiger partial charge is 0.496 e. The van der Waals surface area contributed by atoms with Gasteiger partial charge in [0.05, 0.1) is 7.11 Å². The standard InChI is InChI=1S/C34H25NO2/c1-19-23-12-6-7-13-24(23)29(36-3)18-27(19)32-25-14-8-9-15-26(25)33-28-16-21-10-4-5-11-22(21)17-30(28)37-34(33)31(32)20(2)35/h4-18,35H,1-3H3. The van der Waals surface area contributed by atoms with Crippen molar-refractivity contribution >= 4 is 60.0 Å². The van der Waals surface area contributed by atoms with Crippen molar-refractivity contribution in [2.24, 2.45) is 0 Å². The maximum absolute atomic E-state index is 8.94. The van der Waals surface area contributed by atoms with Crippen molar-refractivity contribution in [3.05, 3.63) is 102 Å². The van der Waals surface area contributed by atoms with Crippen LogP contribution in [0.3, 0.4) is 0 Å². The van der Waals surface area contributed by atoms with Crippen LogP contribution in [0.4, 0.5) is 0 Å². The van der Waals surface area contributed by atoms with Gasteiger partial charge in [0.25, 0.3) is 0 Å². The van der Waals surface area contributed by atoms with E-state index in [1.807, 2.05) is 19.1 Å². The van der Waals surface area contributed by atoms with Gasteiger partial charge in [0.15, 0.2) is 0 Å². The Morgan fingerprint density at radius 1 is 0.730 bits per heavy atom. The maximum atomic E-state index is 8.94. The van der Waals surface area contributed by atoms with Gasteiger partial charge < -0.3 is 14.6 Å². The summed E-state index contributed by atoms with van der Waals surface area (Å²) in [7, 11) is 1.72. The minimum Gasteiger partial charge on any atom is -0.496 e. The van der Waals surface area contributed by atoms with E-state index in [-0.39, 0.29) is 0 Å². The van der Waals surface area contributed by atoms with Crippen molar-refractivity contribution in [2.75, 3.05) is 7.11 Å². The monoisotopic (exact) mass is 479 g/mol. The summed E-state index contributed by atoms with van der Waals surface area (Å²) >= 11 is 0. The third-order valence-corrected chi connectivity index (χ3v) is 7.64. The van der Waals surface area contributed by atoms with Crippen LogP contribution in [-0.4, -0.2) is 12.8 Å². The van der Waals surface area contributed by atoms with E-state index in [2.05, 4.69) is 85.8 Å². The molecular weight excluding hydrogens is 454 g/mol. The first-order valence-corrected chi connectivity index (χ1v) is 12.5. The number of methoxy groups -OCH3 is 1. The second-order valence-electron chi connectivity index (χ2n) is 9.72. The van der Waals surface area contributed by atoms with Crippen LogP contribution in [0.25, 0.3) is 65.4 Å². The number of hydrogen-bond acceptors (Lipinski definition) is 3. The zero-order chi connectivity index (χ0) is 25.3. The van der Waals surface area contributed by atoms with Crippen LogP contribution in [0.15, 0.2) is 95.4 Å². The normalized spacial score (nSPS) is 11.8. The first kappa shape index (κ1) is 21.6. The first-order valence-electron chi connectivity index (χ1n) is 12.5. The predicted molar refractivity (Wildman–Crippen MR) is 155 cm³/mol. The zero-order valence-corrected chi connectivity index (χ0v) is 21.0. The lowest BCUT2D eigenvalue weighted by atomic mass is 9.85. The van der Waals surface area contributed by atoms with E-state index in [0.717, 1.165) is 76.9 Å². The van der Waals surface area contributed by atoms with E-state index in [1.165, 1.54) is 5.39 Å². The molecule has 3 heteroatoms. The quantitative estimate of drug-likeness (QED) is 0.257. The van der Waals surface area contributed by atoms with Gasteiger partial charge in [-0.3, -0.25) is 0 Å². The molecule has 0 bridgehead atoms. The van der Waals surface area contributed by atoms with Crippen molar-refractivity contribution in [2.45, 2.75) is 13.8 Å². The number of aryl methyl sites for hydroxylation is 1. The molecule has 1 heterocycles. The summed E-state index contributed by atoms with van der Waals surface area (Å²) in [5.41, 5.74) is 6.13. The van der Waals surface area contributed by atoms with E-state index in [0.29, 0.717) is 5.71 Å². The van der Waals surface area contributed by atoms with Gasteiger partial charge in [-0.1, -0.05) is 72.8 Å². The van der Waals surface area contributed by atoms with Crippen molar-refractivity contribution in [1.82, 2.24) is 0 Å². The number of ether oxygens (including phenoxy) is 1. The van der Waals surface area contributed by atoms with Crippen molar-refractivity contribution < 1.29 is 9.15 Å². The Hall–Kier alpha value is -4.63. The average molecular weight is 480 g/mol. The third kappa shape index (κ3) is 3.04. The lowest BCUT2D eigenvalue weighted by molar-refractivity contribution is 0.420. The van der Waals surface area contributed by atoms with Crippen molar-refractivity contribution in [3.63, 3.8) is 0 Å². The van der Waals surface area contributed by atoms with Crippen molar-refractivity contribution in [1.29, 1.82) is 5.41 Å². The van der Waals surface area contributed by atoms with Gasteiger partial charge in [-0.05, 0) is 70.1 Å². The smallest absolute Gasteiger partial charge is 0.145 e. The predicted octanol–water partition coefficient (Wildman–Crippen LogP) is 9.42. The Morgan fingerprint density at radius 2 is 1.35 bits per heavy atom. The maximum Gasteiger partial charge on any atom is 0.145 e. The lowest BCUT2D eigenvalue weighted by Crippen LogP contribution is -2.01. The molecule has 0 aliphatic rings. The lowest BCUT2D eigenvalue weighted by Gasteiger charge is -2.19. The molecule has 0 aliphatic heterocycles. The van der Waals surface area contributed by atoms with Gasteiger partial charge in [0, 0.05) is 33.0 Å². The molecule has 0 atom stereocenters. The minimum atomic E-state index is 0.473. The summed E-state index contributed by atoms with van der Waals surface area (Å²) in [5, 5.41) is 17.9. The summed E-state index contributed by atoms with van der Waals surface area (Å²) < 4.78 is 12.5. The van der Waals surface area contributed by atoms with Gasteiger partial charge in [0.1, 0.15) is 16.9 Å². The fraction of sp³-hybridized carbons (Fsp3) is 0.0882. The molecule has 3 nitrogen and oxygen atoms in total. The van der Waals surface area contributed by atoms with Crippen LogP contribution in [0.2, 0.25) is 0 Å². The molecule has 0 radical (unpaired) electrons. The Balaban J connectivity index is 1.72. The molecule has 37 heavy (non-hydrogen) atoms. The fourth-order valence-electron chi connectivity index (χ4n) is 5.95. The molecule has 0 spiro atoms. The number of benzene rings is 6. The molecule has 0 saturated heterocycles. The Labute approximate surface area is 214 Å². The summed E-state index contributed by atoms with van der Waals surface area (Å²) in [4.78, 5) is 0. The molecule has 6 aromatic carbocycles. The topological polar surface area (TPSA) is 46.2 Å². The Morgan fingerprint density at radius 3 is 2.05 bits per heavy atom. The van der Waals surface area contributed by atoms with Gasteiger partial charge in [-0.15, -0.1) is 0 Å². The number of fused-ring (bicyclic) bond motifs is 7. The van der Waals surface area contributed by atoms with Gasteiger partial charge in [0.2, 0.25) is 0 Å². The third-order valence-electron chi connectivity index (χ3n) is 7.64. The highest BCUT2D eigenvalue weighted by Crippen LogP contribution is 2.47. The van der Waals surface area contributed by atoms with Crippen LogP contribution >= 0.6 is 0 Å². The van der Waals surface area contributed by atoms with Gasteiger partial charge >= 0.3 is 0 Å². The Kier molecular flexibility index (Phi) is 4.64. The van der Waals surface area contributed by atoms with Crippen LogP contribution in [-0.2, 0) is 0 Å². The van der Waals surface area contributed by atoms with Gasteiger partial charge in [-0.2, -0.15) is 0 Å². The first-order chi connectivity index (χ1) is 18.1. The highest BCUT2D eigenvalue weighted by molar-refractivity contribution is 6.30. The van der Waals surface area contributed by atoms with E-state index in [9.17, 15) is 0 Å². The van der Waals surface area contributed by atoms with Crippen molar-refractivity contribution in [3.8, 4) is 16.9 Å². The molecule has 0 unspecified atom stereocenters. The number of rotatable bonds is 3. The van der Waals surface area contributed by atoms with Crippen LogP contribution < -0.4 is 4.74 Å². The molecule has 0 fully saturated rings. The number of hydrogen-bond donors (Lipinski definition) is 1. The highest BCUT2D eigenvalue weighted by atomic mass is 16.5. The molecule has 178 valence electrons. The summed E-state index contributed by atoms with van der Waals surface area (Å²) in [6.45, 7) is 4.01. The molecule has 0 saturated carbocycles. The summed E-state index contributed by atoms with van der Waals surface area (Å²) in [6, 6.07) is 31.6. The van der Waals surface area contributed by atoms with E-state index >= 15 is 0 Å². The zero-order valence-electron chi connectivity index (χ0n) is 21.0. The molecule has 1 aromatic heterocycles. The summed E-state index contributed by atoms with van der Waals surface area (Å²) in [5.74, 6) is 0.824. The molecule has 7 rings (SSSR count). The minimum absolute atomic E-state index is 0.473. The highest BCUT2D eigenvalue weighted by Gasteiger charge is 2.24. The molecular formula is C34H25NO2. The molecule has 7 aromatic rings. The van der Waals surface area contributed by atoms with E-state index in [1.54, 1.807) is 7.11 Å². The average Bonchev–Trinajstić information content (AvgIpc) is 3.29. The SMILES string of the molecule is COc1cc(-c2c(C(C)=N)c3oc4cc5ccccc5cc4c3c3ccccc23)c(C)c2ccccc12. The van der Waals surface area contributed by atoms with Crippen LogP contribution in [0.5, 0.6) is 5.75 Å². The number of nitrogens with one attached hydrogen (secondary N) is 1. The van der Waals surface area contributed by atoms with Gasteiger partial charge in [-0.25, -0.2) is 0 Å². The second kappa shape index (κ2) is 7.94. The molecule has 0 aliphatic carbocycles. The van der Waals surface area contributed by atoms with E-state index < -0.39 is 0 Å². The molecule has 1 N–H and O–H groups in total. The van der Waals surface area contributed by atoms with Crippen LogP contribution in [0.1, 0.15) is 18.1 Å². The van der Waals surface area contributed by atoms with E-state index in [4.69, 9.17) is 14.6 Å². The van der Waals surface area contributed by atoms with Crippen LogP contribution in [0, 0.1) is 12.3 Å². The fourth-order valence-corrected chi connectivity index (χ4v) is 5.95. The second-order valence-corrected chi connectivity index (χ2v) is 9.72. The Bertz CT molecular complexity index is 2060.